The molecule has 2 heterocycles. The molecule has 4 nitrogen and oxygen atoms in total. The first-order chi connectivity index (χ1) is 12.6. The van der Waals surface area contributed by atoms with Crippen LogP contribution in [0.3, 0.4) is 0 Å². The number of rotatable bonds is 7. The number of aromatic nitrogens is 1. The van der Waals surface area contributed by atoms with Crippen molar-refractivity contribution in [3.63, 3.8) is 0 Å². The average Bonchev–Trinajstić information content (AvgIpc) is 3.30. The molecule has 0 spiro atoms. The molecular weight excluding hydrogens is 364 g/mol. The standard InChI is InChI=1S/C20H20N2O2S2/c1-15-21-17(14-26-15)13-24-18-8-5-16(6-9-18)7-10-20(23)22(2)12-19-4-3-11-25-19/h3-11,14H,12-13H2,1-2H3/b10-7+. The first kappa shape index (κ1) is 18.4. The summed E-state index contributed by atoms with van der Waals surface area (Å²) in [4.78, 5) is 19.4. The van der Waals surface area contributed by atoms with E-state index in [4.69, 9.17) is 4.74 Å². The molecule has 6 heteroatoms. The summed E-state index contributed by atoms with van der Waals surface area (Å²) in [5, 5.41) is 5.06. The zero-order valence-corrected chi connectivity index (χ0v) is 16.3. The van der Waals surface area contributed by atoms with E-state index in [1.165, 1.54) is 4.88 Å². The fourth-order valence-corrected chi connectivity index (χ4v) is 3.67. The topological polar surface area (TPSA) is 42.4 Å². The number of ether oxygens (including phenoxy) is 1. The molecule has 0 aliphatic carbocycles. The summed E-state index contributed by atoms with van der Waals surface area (Å²) in [6.45, 7) is 3.07. The molecule has 134 valence electrons. The van der Waals surface area contributed by atoms with E-state index in [9.17, 15) is 4.79 Å². The Balaban J connectivity index is 1.51. The maximum absolute atomic E-state index is 12.2. The molecule has 0 fully saturated rings. The molecule has 26 heavy (non-hydrogen) atoms. The SMILES string of the molecule is Cc1nc(COc2ccc(/C=C/C(=O)N(C)Cc3cccs3)cc2)cs1. The monoisotopic (exact) mass is 384 g/mol. The van der Waals surface area contributed by atoms with Crippen LogP contribution in [0.15, 0.2) is 53.2 Å². The van der Waals surface area contributed by atoms with Gasteiger partial charge in [-0.05, 0) is 42.1 Å². The summed E-state index contributed by atoms with van der Waals surface area (Å²) in [5.41, 5.74) is 1.90. The highest BCUT2D eigenvalue weighted by Crippen LogP contribution is 2.16. The van der Waals surface area contributed by atoms with Gasteiger partial charge in [0.1, 0.15) is 12.4 Å². The predicted molar refractivity (Wildman–Crippen MR) is 107 cm³/mol. The Morgan fingerprint density at radius 3 is 2.69 bits per heavy atom. The van der Waals surface area contributed by atoms with Crippen LogP contribution in [0.25, 0.3) is 6.08 Å². The predicted octanol–water partition coefficient (Wildman–Crippen LogP) is 4.76. The molecule has 0 aliphatic heterocycles. The van der Waals surface area contributed by atoms with Gasteiger partial charge >= 0.3 is 0 Å². The molecule has 1 aromatic carbocycles. The third kappa shape index (κ3) is 5.28. The molecule has 0 radical (unpaired) electrons. The molecule has 1 amide bonds. The number of hydrogen-bond acceptors (Lipinski definition) is 5. The van der Waals surface area contributed by atoms with Crippen molar-refractivity contribution in [2.24, 2.45) is 0 Å². The summed E-state index contributed by atoms with van der Waals surface area (Å²) < 4.78 is 5.73. The second kappa shape index (κ2) is 8.78. The van der Waals surface area contributed by atoms with Gasteiger partial charge in [-0.3, -0.25) is 4.79 Å². The van der Waals surface area contributed by atoms with Gasteiger partial charge in [0.15, 0.2) is 0 Å². The van der Waals surface area contributed by atoms with E-state index in [0.29, 0.717) is 13.2 Å². The van der Waals surface area contributed by atoms with E-state index in [2.05, 4.69) is 4.98 Å². The molecule has 3 rings (SSSR count). The summed E-state index contributed by atoms with van der Waals surface area (Å²) in [5.74, 6) is 0.770. The van der Waals surface area contributed by atoms with Gasteiger partial charge < -0.3 is 9.64 Å². The highest BCUT2D eigenvalue weighted by molar-refractivity contribution is 7.10. The fraction of sp³-hybridized carbons (Fsp3) is 0.200. The van der Waals surface area contributed by atoms with Crippen LogP contribution < -0.4 is 4.74 Å². The lowest BCUT2D eigenvalue weighted by atomic mass is 10.2. The molecule has 0 aliphatic rings. The van der Waals surface area contributed by atoms with E-state index in [0.717, 1.165) is 22.0 Å². The number of hydrogen-bond donors (Lipinski definition) is 0. The Kier molecular flexibility index (Phi) is 6.20. The fourth-order valence-electron chi connectivity index (χ4n) is 2.32. The Hall–Kier alpha value is -2.44. The molecule has 3 aromatic rings. The van der Waals surface area contributed by atoms with Crippen molar-refractivity contribution in [1.29, 1.82) is 0 Å². The van der Waals surface area contributed by atoms with Gasteiger partial charge in [-0.1, -0.05) is 18.2 Å². The number of aryl methyl sites for hydroxylation is 1. The van der Waals surface area contributed by atoms with E-state index >= 15 is 0 Å². The quantitative estimate of drug-likeness (QED) is 0.551. The van der Waals surface area contributed by atoms with Gasteiger partial charge in [-0.25, -0.2) is 4.98 Å². The van der Waals surface area contributed by atoms with E-state index in [1.54, 1.807) is 33.6 Å². The van der Waals surface area contributed by atoms with Crippen LogP contribution in [0.1, 0.15) is 21.1 Å². The maximum atomic E-state index is 12.2. The van der Waals surface area contributed by atoms with Crippen molar-refractivity contribution in [2.75, 3.05) is 7.05 Å². The van der Waals surface area contributed by atoms with Crippen LogP contribution in [0.2, 0.25) is 0 Å². The van der Waals surface area contributed by atoms with Crippen molar-refractivity contribution in [1.82, 2.24) is 9.88 Å². The highest BCUT2D eigenvalue weighted by atomic mass is 32.1. The first-order valence-electron chi connectivity index (χ1n) is 8.19. The van der Waals surface area contributed by atoms with Crippen molar-refractivity contribution >= 4 is 34.7 Å². The van der Waals surface area contributed by atoms with Crippen LogP contribution in [0.4, 0.5) is 0 Å². The van der Waals surface area contributed by atoms with Crippen LogP contribution in [-0.4, -0.2) is 22.8 Å². The zero-order chi connectivity index (χ0) is 18.4. The largest absolute Gasteiger partial charge is 0.487 e. The smallest absolute Gasteiger partial charge is 0.246 e. The lowest BCUT2D eigenvalue weighted by Gasteiger charge is -2.13. The number of benzene rings is 1. The number of likely N-dealkylation sites (N-methyl/N-ethyl adjacent to an activating group) is 1. The third-order valence-corrected chi connectivity index (χ3v) is 5.38. The first-order valence-corrected chi connectivity index (χ1v) is 9.95. The highest BCUT2D eigenvalue weighted by Gasteiger charge is 2.06. The minimum absolute atomic E-state index is 0.0161. The zero-order valence-electron chi connectivity index (χ0n) is 14.7. The van der Waals surface area contributed by atoms with Crippen molar-refractivity contribution < 1.29 is 9.53 Å². The van der Waals surface area contributed by atoms with E-state index in [-0.39, 0.29) is 5.91 Å². The van der Waals surface area contributed by atoms with Crippen LogP contribution in [-0.2, 0) is 17.9 Å². The number of thiazole rings is 1. The number of carbonyl (C=O) groups excluding carboxylic acids is 1. The molecule has 0 bridgehead atoms. The number of nitrogens with zero attached hydrogens (tertiary/aromatic N) is 2. The molecule has 0 unspecified atom stereocenters. The van der Waals surface area contributed by atoms with Gasteiger partial charge in [-0.15, -0.1) is 22.7 Å². The van der Waals surface area contributed by atoms with E-state index < -0.39 is 0 Å². The lowest BCUT2D eigenvalue weighted by molar-refractivity contribution is -0.125. The van der Waals surface area contributed by atoms with Gasteiger partial charge in [0, 0.05) is 23.4 Å². The third-order valence-electron chi connectivity index (χ3n) is 3.70. The molecular formula is C20H20N2O2S2. The Morgan fingerprint density at radius 1 is 1.23 bits per heavy atom. The van der Waals surface area contributed by atoms with Crippen LogP contribution in [0.5, 0.6) is 5.75 Å². The van der Waals surface area contributed by atoms with Gasteiger partial charge in [0.05, 0.1) is 17.2 Å². The second-order valence-electron chi connectivity index (χ2n) is 5.82. The molecule has 0 N–H and O–H groups in total. The Labute approximate surface area is 161 Å². The Morgan fingerprint density at radius 2 is 2.04 bits per heavy atom. The second-order valence-corrected chi connectivity index (χ2v) is 7.92. The lowest BCUT2D eigenvalue weighted by Crippen LogP contribution is -2.23. The molecule has 0 saturated heterocycles. The van der Waals surface area contributed by atoms with Gasteiger partial charge in [0.2, 0.25) is 5.91 Å². The summed E-state index contributed by atoms with van der Waals surface area (Å²) in [6.07, 6.45) is 3.42. The maximum Gasteiger partial charge on any atom is 0.246 e. The summed E-state index contributed by atoms with van der Waals surface area (Å²) >= 11 is 3.27. The molecule has 0 saturated carbocycles. The van der Waals surface area contributed by atoms with Crippen molar-refractivity contribution in [3.05, 3.63) is 74.4 Å². The Bertz CT molecular complexity index is 868. The molecule has 0 atom stereocenters. The van der Waals surface area contributed by atoms with Crippen LogP contribution in [0, 0.1) is 6.92 Å². The average molecular weight is 385 g/mol. The molecule has 2 aromatic heterocycles. The minimum Gasteiger partial charge on any atom is -0.487 e. The summed E-state index contributed by atoms with van der Waals surface area (Å²) in [6, 6.07) is 11.7. The van der Waals surface area contributed by atoms with Crippen molar-refractivity contribution in [2.45, 2.75) is 20.1 Å². The normalized spacial score (nSPS) is 11.0. The summed E-state index contributed by atoms with van der Waals surface area (Å²) in [7, 11) is 1.81. The number of amides is 1. The minimum atomic E-state index is -0.0161. The van der Waals surface area contributed by atoms with E-state index in [1.807, 2.05) is 67.2 Å². The number of thiophene rings is 1. The van der Waals surface area contributed by atoms with Gasteiger partial charge in [-0.2, -0.15) is 0 Å². The van der Waals surface area contributed by atoms with Gasteiger partial charge in [0.25, 0.3) is 0 Å². The number of carbonyl (C=O) groups is 1. The van der Waals surface area contributed by atoms with Crippen molar-refractivity contribution in [3.8, 4) is 5.75 Å². The van der Waals surface area contributed by atoms with Crippen LogP contribution >= 0.6 is 22.7 Å².